The Morgan fingerprint density at radius 2 is 2.00 bits per heavy atom. The molecule has 0 aliphatic carbocycles. The number of anilines is 1. The molecule has 0 saturated carbocycles. The van der Waals surface area contributed by atoms with E-state index in [2.05, 4.69) is 10.1 Å². The molecule has 10 heteroatoms. The molecule has 130 valence electrons. The SMILES string of the molecule is Cc1cccc(OC(F)F)c1NC(=O)N(C)CC(O)C(F)(F)F. The highest BCUT2D eigenvalue weighted by Crippen LogP contribution is 2.29. The molecular weight excluding hydrogens is 327 g/mol. The van der Waals surface area contributed by atoms with Gasteiger partial charge in [0.15, 0.2) is 6.10 Å². The van der Waals surface area contributed by atoms with Gasteiger partial charge in [-0.25, -0.2) is 4.79 Å². The standard InChI is InChI=1S/C13H15F5N2O3/c1-7-4-3-5-8(23-11(14)15)10(7)19-12(22)20(2)6-9(21)13(16,17)18/h3-5,9,11,21H,6H2,1-2H3,(H,19,22). The minimum absolute atomic E-state index is 0.0915. The van der Waals surface area contributed by atoms with Gasteiger partial charge in [0, 0.05) is 7.05 Å². The Balaban J connectivity index is 2.85. The first kappa shape index (κ1) is 18.9. The van der Waals surface area contributed by atoms with E-state index >= 15 is 0 Å². The van der Waals surface area contributed by atoms with Crippen molar-refractivity contribution in [3.8, 4) is 5.75 Å². The molecule has 0 aromatic heterocycles. The third kappa shape index (κ3) is 5.55. The Morgan fingerprint density at radius 1 is 1.39 bits per heavy atom. The van der Waals surface area contributed by atoms with Gasteiger partial charge in [-0.2, -0.15) is 22.0 Å². The van der Waals surface area contributed by atoms with Crippen LogP contribution in [0.1, 0.15) is 5.56 Å². The van der Waals surface area contributed by atoms with Gasteiger partial charge in [0.2, 0.25) is 0 Å². The minimum atomic E-state index is -4.87. The normalized spacial score (nSPS) is 12.9. The van der Waals surface area contributed by atoms with Crippen molar-refractivity contribution in [1.29, 1.82) is 0 Å². The van der Waals surface area contributed by atoms with Crippen LogP contribution in [0, 0.1) is 6.92 Å². The lowest BCUT2D eigenvalue weighted by atomic mass is 10.2. The fourth-order valence-electron chi connectivity index (χ4n) is 1.64. The van der Waals surface area contributed by atoms with E-state index in [1.54, 1.807) is 0 Å². The third-order valence-corrected chi connectivity index (χ3v) is 2.85. The summed E-state index contributed by atoms with van der Waals surface area (Å²) in [6, 6.07) is 3.08. The maximum absolute atomic E-state index is 12.3. The zero-order chi connectivity index (χ0) is 17.8. The first-order valence-corrected chi connectivity index (χ1v) is 6.33. The van der Waals surface area contributed by atoms with E-state index in [1.807, 2.05) is 0 Å². The van der Waals surface area contributed by atoms with Gasteiger partial charge >= 0.3 is 18.8 Å². The number of carbonyl (C=O) groups is 1. The number of likely N-dealkylation sites (N-methyl/N-ethyl adjacent to an activating group) is 1. The molecule has 2 amide bonds. The molecule has 5 nitrogen and oxygen atoms in total. The predicted molar refractivity (Wildman–Crippen MR) is 71.5 cm³/mol. The molecule has 0 radical (unpaired) electrons. The molecule has 2 N–H and O–H groups in total. The van der Waals surface area contributed by atoms with Crippen molar-refractivity contribution in [2.75, 3.05) is 18.9 Å². The number of aliphatic hydroxyl groups excluding tert-OH is 1. The second-order valence-corrected chi connectivity index (χ2v) is 4.69. The number of hydrogen-bond donors (Lipinski definition) is 2. The summed E-state index contributed by atoms with van der Waals surface area (Å²) in [5.41, 5.74) is 0.285. The Labute approximate surface area is 128 Å². The van der Waals surface area contributed by atoms with E-state index in [4.69, 9.17) is 5.11 Å². The average molecular weight is 342 g/mol. The minimum Gasteiger partial charge on any atom is -0.433 e. The van der Waals surface area contributed by atoms with Gasteiger partial charge in [-0.1, -0.05) is 12.1 Å². The molecule has 0 aliphatic heterocycles. The highest BCUT2D eigenvalue weighted by molar-refractivity contribution is 5.91. The Bertz CT molecular complexity index is 551. The van der Waals surface area contributed by atoms with Crippen LogP contribution in [0.2, 0.25) is 0 Å². The number of aryl methyl sites for hydroxylation is 1. The number of ether oxygens (including phenoxy) is 1. The smallest absolute Gasteiger partial charge is 0.416 e. The number of nitrogens with one attached hydrogen (secondary N) is 1. The van der Waals surface area contributed by atoms with Gasteiger partial charge in [-0.05, 0) is 18.6 Å². The number of para-hydroxylation sites is 1. The summed E-state index contributed by atoms with van der Waals surface area (Å²) in [5, 5.41) is 11.1. The van der Waals surface area contributed by atoms with Crippen LogP contribution in [-0.2, 0) is 0 Å². The van der Waals surface area contributed by atoms with E-state index in [1.165, 1.54) is 25.1 Å². The second kappa shape index (κ2) is 7.44. The number of aliphatic hydroxyl groups is 1. The molecule has 1 aromatic carbocycles. The number of hydrogen-bond acceptors (Lipinski definition) is 3. The molecule has 23 heavy (non-hydrogen) atoms. The van der Waals surface area contributed by atoms with Crippen molar-refractivity contribution < 1.29 is 36.6 Å². The van der Waals surface area contributed by atoms with Crippen LogP contribution in [0.25, 0.3) is 0 Å². The largest absolute Gasteiger partial charge is 0.433 e. The number of halogens is 5. The highest BCUT2D eigenvalue weighted by Gasteiger charge is 2.39. The molecule has 0 fully saturated rings. The van der Waals surface area contributed by atoms with Crippen LogP contribution in [0.15, 0.2) is 18.2 Å². The summed E-state index contributed by atoms with van der Waals surface area (Å²) >= 11 is 0. The summed E-state index contributed by atoms with van der Waals surface area (Å²) in [7, 11) is 1.02. The van der Waals surface area contributed by atoms with Crippen molar-refractivity contribution in [3.63, 3.8) is 0 Å². The van der Waals surface area contributed by atoms with Gasteiger partial charge in [0.25, 0.3) is 0 Å². The molecule has 1 rings (SSSR count). The number of amides is 2. The van der Waals surface area contributed by atoms with Crippen LogP contribution < -0.4 is 10.1 Å². The van der Waals surface area contributed by atoms with Gasteiger partial charge < -0.3 is 20.1 Å². The number of benzene rings is 1. The van der Waals surface area contributed by atoms with Crippen LogP contribution in [-0.4, -0.2) is 48.5 Å². The zero-order valence-electron chi connectivity index (χ0n) is 12.2. The topological polar surface area (TPSA) is 61.8 Å². The first-order valence-electron chi connectivity index (χ1n) is 6.33. The lowest BCUT2D eigenvalue weighted by Gasteiger charge is -2.23. The lowest BCUT2D eigenvalue weighted by Crippen LogP contribution is -2.43. The Hall–Kier alpha value is -2.10. The Kier molecular flexibility index (Phi) is 6.13. The van der Waals surface area contributed by atoms with Gasteiger partial charge in [-0.15, -0.1) is 0 Å². The third-order valence-electron chi connectivity index (χ3n) is 2.85. The quantitative estimate of drug-likeness (QED) is 0.809. The summed E-state index contributed by atoms with van der Waals surface area (Å²) in [5.74, 6) is -0.321. The average Bonchev–Trinajstić information content (AvgIpc) is 2.40. The lowest BCUT2D eigenvalue weighted by molar-refractivity contribution is -0.205. The van der Waals surface area contributed by atoms with E-state index in [0.29, 0.717) is 10.5 Å². The van der Waals surface area contributed by atoms with E-state index < -0.39 is 31.5 Å². The van der Waals surface area contributed by atoms with Crippen molar-refractivity contribution >= 4 is 11.7 Å². The van der Waals surface area contributed by atoms with E-state index in [-0.39, 0.29) is 11.4 Å². The number of rotatable bonds is 5. The summed E-state index contributed by atoms with van der Waals surface area (Å²) < 4.78 is 65.7. The number of nitrogens with zero attached hydrogens (tertiary/aromatic N) is 1. The molecule has 1 atom stereocenters. The fourth-order valence-corrected chi connectivity index (χ4v) is 1.64. The summed E-state index contributed by atoms with van der Waals surface area (Å²) in [6.07, 6.45) is -7.59. The molecule has 0 bridgehead atoms. The number of urea groups is 1. The van der Waals surface area contributed by atoms with Gasteiger partial charge in [0.05, 0.1) is 12.2 Å². The molecule has 0 spiro atoms. The van der Waals surface area contributed by atoms with E-state index in [0.717, 1.165) is 7.05 Å². The molecule has 0 heterocycles. The summed E-state index contributed by atoms with van der Waals surface area (Å²) in [4.78, 5) is 12.4. The van der Waals surface area contributed by atoms with Crippen LogP contribution >= 0.6 is 0 Å². The maximum atomic E-state index is 12.3. The van der Waals surface area contributed by atoms with Crippen molar-refractivity contribution in [2.24, 2.45) is 0 Å². The number of carbonyl (C=O) groups excluding carboxylic acids is 1. The maximum Gasteiger partial charge on any atom is 0.416 e. The molecule has 1 aromatic rings. The van der Waals surface area contributed by atoms with Crippen LogP contribution in [0.3, 0.4) is 0 Å². The van der Waals surface area contributed by atoms with Crippen LogP contribution in [0.5, 0.6) is 5.75 Å². The van der Waals surface area contributed by atoms with Crippen LogP contribution in [0.4, 0.5) is 32.4 Å². The molecule has 0 aliphatic rings. The molecule has 0 saturated heterocycles. The zero-order valence-corrected chi connectivity index (χ0v) is 12.2. The van der Waals surface area contributed by atoms with Crippen molar-refractivity contribution in [1.82, 2.24) is 4.90 Å². The molecular formula is C13H15F5N2O3. The van der Waals surface area contributed by atoms with E-state index in [9.17, 15) is 26.7 Å². The van der Waals surface area contributed by atoms with Gasteiger partial charge in [0.1, 0.15) is 5.75 Å². The Morgan fingerprint density at radius 3 is 2.52 bits per heavy atom. The molecule has 1 unspecified atom stereocenters. The monoisotopic (exact) mass is 342 g/mol. The highest BCUT2D eigenvalue weighted by atomic mass is 19.4. The first-order chi connectivity index (χ1) is 10.5. The van der Waals surface area contributed by atoms with Crippen molar-refractivity contribution in [3.05, 3.63) is 23.8 Å². The van der Waals surface area contributed by atoms with Gasteiger partial charge in [-0.3, -0.25) is 0 Å². The van der Waals surface area contributed by atoms with Crippen molar-refractivity contribution in [2.45, 2.75) is 25.8 Å². The predicted octanol–water partition coefficient (Wildman–Crippen LogP) is 2.98. The fraction of sp³-hybridized carbons (Fsp3) is 0.462. The summed E-state index contributed by atoms with van der Waals surface area (Å²) in [6.45, 7) is -2.64. The number of alkyl halides is 5. The second-order valence-electron chi connectivity index (χ2n) is 4.69.